The number of hydrogen-bond donors (Lipinski definition) is 2. The van der Waals surface area contributed by atoms with Crippen molar-refractivity contribution >= 4 is 0 Å². The average Bonchev–Trinajstić information content (AvgIpc) is 2.46. The fourth-order valence-corrected chi connectivity index (χ4v) is 2.84. The van der Waals surface area contributed by atoms with E-state index >= 15 is 0 Å². The number of benzene rings is 1. The van der Waals surface area contributed by atoms with Crippen molar-refractivity contribution in [3.63, 3.8) is 0 Å². The molecule has 0 saturated carbocycles. The van der Waals surface area contributed by atoms with Crippen molar-refractivity contribution in [1.82, 2.24) is 10.6 Å². The van der Waals surface area contributed by atoms with Gasteiger partial charge in [0.15, 0.2) is 0 Å². The molecular formula is C15H23FN2O. The fraction of sp³-hybridized carbons (Fsp3) is 0.600. The highest BCUT2D eigenvalue weighted by Gasteiger charge is 2.21. The Morgan fingerprint density at radius 2 is 2.37 bits per heavy atom. The van der Waals surface area contributed by atoms with E-state index in [0.717, 1.165) is 30.8 Å². The van der Waals surface area contributed by atoms with Gasteiger partial charge in [0.2, 0.25) is 0 Å². The zero-order valence-corrected chi connectivity index (χ0v) is 11.7. The Kier molecular flexibility index (Phi) is 5.16. The molecule has 106 valence electrons. The summed E-state index contributed by atoms with van der Waals surface area (Å²) in [5.74, 6) is 1.18. The van der Waals surface area contributed by atoms with Crippen LogP contribution < -0.4 is 15.4 Å². The molecule has 19 heavy (non-hydrogen) atoms. The molecule has 1 aromatic carbocycles. The van der Waals surface area contributed by atoms with Gasteiger partial charge in [0.1, 0.15) is 11.6 Å². The van der Waals surface area contributed by atoms with Crippen LogP contribution in [0.2, 0.25) is 0 Å². The lowest BCUT2D eigenvalue weighted by atomic mass is 9.89. The van der Waals surface area contributed by atoms with Crippen molar-refractivity contribution in [1.29, 1.82) is 0 Å². The first-order chi connectivity index (χ1) is 9.24. The van der Waals surface area contributed by atoms with Gasteiger partial charge in [-0.3, -0.25) is 0 Å². The van der Waals surface area contributed by atoms with E-state index in [2.05, 4.69) is 10.6 Å². The summed E-state index contributed by atoms with van der Waals surface area (Å²) in [6, 6.07) is 4.86. The molecule has 3 nitrogen and oxygen atoms in total. The fourth-order valence-electron chi connectivity index (χ4n) is 2.84. The summed E-state index contributed by atoms with van der Waals surface area (Å²) in [7, 11) is 3.55. The number of hydrogen-bond acceptors (Lipinski definition) is 3. The largest absolute Gasteiger partial charge is 0.496 e. The second kappa shape index (κ2) is 6.87. The van der Waals surface area contributed by atoms with Gasteiger partial charge in [-0.2, -0.15) is 0 Å². The molecule has 1 aromatic rings. The maximum absolute atomic E-state index is 13.5. The summed E-state index contributed by atoms with van der Waals surface area (Å²) >= 11 is 0. The van der Waals surface area contributed by atoms with E-state index in [4.69, 9.17) is 4.74 Å². The van der Waals surface area contributed by atoms with Crippen LogP contribution in [0.15, 0.2) is 18.2 Å². The van der Waals surface area contributed by atoms with Crippen molar-refractivity contribution in [3.05, 3.63) is 29.6 Å². The summed E-state index contributed by atoms with van der Waals surface area (Å²) in [4.78, 5) is 0. The SMILES string of the molecule is CNC(CC1CCCNC1)c1cc(F)ccc1OC. The Morgan fingerprint density at radius 1 is 1.53 bits per heavy atom. The maximum atomic E-state index is 13.5. The van der Waals surface area contributed by atoms with E-state index in [1.807, 2.05) is 7.05 Å². The van der Waals surface area contributed by atoms with E-state index < -0.39 is 0 Å². The molecule has 0 aromatic heterocycles. The summed E-state index contributed by atoms with van der Waals surface area (Å²) < 4.78 is 18.8. The molecule has 2 rings (SSSR count). The topological polar surface area (TPSA) is 33.3 Å². The molecule has 0 spiro atoms. The second-order valence-electron chi connectivity index (χ2n) is 5.18. The van der Waals surface area contributed by atoms with E-state index in [9.17, 15) is 4.39 Å². The molecule has 2 N–H and O–H groups in total. The lowest BCUT2D eigenvalue weighted by molar-refractivity contribution is 0.316. The molecule has 0 radical (unpaired) electrons. The van der Waals surface area contributed by atoms with Gasteiger partial charge in [0, 0.05) is 11.6 Å². The standard InChI is InChI=1S/C15H23FN2O/c1-17-14(8-11-4-3-7-18-10-11)13-9-12(16)5-6-15(13)19-2/h5-6,9,11,14,17-18H,3-4,7-8,10H2,1-2H3. The quantitative estimate of drug-likeness (QED) is 0.859. The van der Waals surface area contributed by atoms with Crippen molar-refractivity contribution in [2.45, 2.75) is 25.3 Å². The normalized spacial score (nSPS) is 21.1. The van der Waals surface area contributed by atoms with Crippen molar-refractivity contribution in [3.8, 4) is 5.75 Å². The molecule has 1 heterocycles. The molecule has 1 saturated heterocycles. The van der Waals surface area contributed by atoms with Gasteiger partial charge in [-0.1, -0.05) is 0 Å². The highest BCUT2D eigenvalue weighted by Crippen LogP contribution is 2.31. The minimum absolute atomic E-state index is 0.135. The Morgan fingerprint density at radius 3 is 3.00 bits per heavy atom. The molecule has 2 atom stereocenters. The van der Waals surface area contributed by atoms with Crippen LogP contribution in [0.25, 0.3) is 0 Å². The van der Waals surface area contributed by atoms with Gasteiger partial charge in [0.05, 0.1) is 7.11 Å². The van der Waals surface area contributed by atoms with Gasteiger partial charge < -0.3 is 15.4 Å². The molecule has 1 aliphatic rings. The van der Waals surface area contributed by atoms with E-state index in [-0.39, 0.29) is 11.9 Å². The number of ether oxygens (including phenoxy) is 1. The third-order valence-corrected chi connectivity index (χ3v) is 3.88. The summed E-state index contributed by atoms with van der Waals surface area (Å²) in [5.41, 5.74) is 0.913. The van der Waals surface area contributed by atoms with Crippen molar-refractivity contribution in [2.24, 2.45) is 5.92 Å². The maximum Gasteiger partial charge on any atom is 0.123 e. The van der Waals surface area contributed by atoms with Gasteiger partial charge in [-0.05, 0) is 63.5 Å². The third kappa shape index (κ3) is 3.67. The summed E-state index contributed by atoms with van der Waals surface area (Å²) in [6.45, 7) is 2.17. The molecule has 0 bridgehead atoms. The van der Waals surface area contributed by atoms with E-state index in [1.54, 1.807) is 19.2 Å². The van der Waals surface area contributed by atoms with Crippen LogP contribution in [0, 0.1) is 11.7 Å². The molecule has 2 unspecified atom stereocenters. The Bertz CT molecular complexity index is 405. The van der Waals surface area contributed by atoms with E-state index in [0.29, 0.717) is 5.92 Å². The number of piperidine rings is 1. The smallest absolute Gasteiger partial charge is 0.123 e. The molecule has 1 aliphatic heterocycles. The highest BCUT2D eigenvalue weighted by atomic mass is 19.1. The number of nitrogens with one attached hydrogen (secondary N) is 2. The van der Waals surface area contributed by atoms with E-state index in [1.165, 1.54) is 18.9 Å². The number of rotatable bonds is 5. The summed E-state index contributed by atoms with van der Waals surface area (Å²) in [6.07, 6.45) is 3.47. The first kappa shape index (κ1) is 14.3. The Balaban J connectivity index is 2.13. The molecule has 0 aliphatic carbocycles. The Hall–Kier alpha value is -1.13. The first-order valence-corrected chi connectivity index (χ1v) is 6.96. The zero-order chi connectivity index (χ0) is 13.7. The van der Waals surface area contributed by atoms with Crippen LogP contribution in [-0.2, 0) is 0 Å². The van der Waals surface area contributed by atoms with Gasteiger partial charge in [-0.15, -0.1) is 0 Å². The average molecular weight is 266 g/mol. The lowest BCUT2D eigenvalue weighted by Crippen LogP contribution is -2.32. The van der Waals surface area contributed by atoms with Crippen LogP contribution >= 0.6 is 0 Å². The predicted octanol–water partition coefficient (Wildman–Crippen LogP) is 2.48. The van der Waals surface area contributed by atoms with Crippen LogP contribution in [-0.4, -0.2) is 27.2 Å². The van der Waals surface area contributed by atoms with Crippen molar-refractivity contribution < 1.29 is 9.13 Å². The number of halogens is 1. The summed E-state index contributed by atoms with van der Waals surface area (Å²) in [5, 5.41) is 6.72. The molecule has 0 amide bonds. The van der Waals surface area contributed by atoms with Crippen LogP contribution in [0.4, 0.5) is 4.39 Å². The molecular weight excluding hydrogens is 243 g/mol. The zero-order valence-electron chi connectivity index (χ0n) is 11.7. The van der Waals surface area contributed by atoms with Gasteiger partial charge in [-0.25, -0.2) is 4.39 Å². The van der Waals surface area contributed by atoms with Gasteiger partial charge in [0.25, 0.3) is 0 Å². The van der Waals surface area contributed by atoms with Crippen molar-refractivity contribution in [2.75, 3.05) is 27.2 Å². The van der Waals surface area contributed by atoms with Crippen LogP contribution in [0.5, 0.6) is 5.75 Å². The predicted molar refractivity (Wildman–Crippen MR) is 75.0 cm³/mol. The second-order valence-corrected chi connectivity index (χ2v) is 5.18. The lowest BCUT2D eigenvalue weighted by Gasteiger charge is -2.28. The first-order valence-electron chi connectivity index (χ1n) is 6.96. The van der Waals surface area contributed by atoms with Gasteiger partial charge >= 0.3 is 0 Å². The highest BCUT2D eigenvalue weighted by molar-refractivity contribution is 5.36. The third-order valence-electron chi connectivity index (χ3n) is 3.88. The number of methoxy groups -OCH3 is 1. The molecule has 4 heteroatoms. The monoisotopic (exact) mass is 266 g/mol. The molecule has 1 fully saturated rings. The van der Waals surface area contributed by atoms with Crippen LogP contribution in [0.1, 0.15) is 30.9 Å². The minimum atomic E-state index is -0.210. The minimum Gasteiger partial charge on any atom is -0.496 e. The van der Waals surface area contributed by atoms with Crippen LogP contribution in [0.3, 0.4) is 0 Å². The Labute approximate surface area is 114 Å².